The third-order valence-corrected chi connectivity index (χ3v) is 11.3. The fourth-order valence-electron chi connectivity index (χ4n) is 6.03. The number of rotatable bonds is 13. The van der Waals surface area contributed by atoms with Crippen molar-refractivity contribution in [1.82, 2.24) is 0 Å². The minimum atomic E-state index is -4.59. The van der Waals surface area contributed by atoms with Crippen LogP contribution >= 0.6 is 0 Å². The van der Waals surface area contributed by atoms with Crippen LogP contribution in [0.15, 0.2) is 148 Å². The van der Waals surface area contributed by atoms with Crippen LogP contribution < -0.4 is 4.90 Å². The fourth-order valence-corrected chi connectivity index (χ4v) is 7.87. The van der Waals surface area contributed by atoms with E-state index in [1.165, 1.54) is 36.4 Å². The SMILES string of the molecule is CCN(Cc1cccc(S(=O)(=O)O)c1)c1ccc(C(C=C2C=CC(=[N+](CC)Cc3cccc(S(=O)(=O)[O-])c3)C=C2)c2ccccc2S(=O)(=O)O)cc1. The number of nitrogens with zero attached hydrogens (tertiary/aromatic N) is 2. The zero-order valence-electron chi connectivity index (χ0n) is 28.4. The molecule has 2 N–H and O–H groups in total. The molecule has 52 heavy (non-hydrogen) atoms. The second-order valence-electron chi connectivity index (χ2n) is 12.1. The molecule has 272 valence electrons. The Morgan fingerprint density at radius 2 is 1.35 bits per heavy atom. The maximum Gasteiger partial charge on any atom is 0.294 e. The minimum absolute atomic E-state index is 0.189. The van der Waals surface area contributed by atoms with Crippen LogP contribution in [0, 0.1) is 0 Å². The molecule has 11 nitrogen and oxygen atoms in total. The summed E-state index contributed by atoms with van der Waals surface area (Å²) in [4.78, 5) is 1.32. The Bertz CT molecular complexity index is 2400. The van der Waals surface area contributed by atoms with E-state index in [0.29, 0.717) is 42.9 Å². The Kier molecular flexibility index (Phi) is 11.8. The lowest BCUT2D eigenvalue weighted by atomic mass is 9.88. The molecule has 0 saturated carbocycles. The summed E-state index contributed by atoms with van der Waals surface area (Å²) in [6.07, 6.45) is 9.46. The molecule has 0 spiro atoms. The quantitative estimate of drug-likeness (QED) is 0.122. The molecular weight excluding hydrogens is 725 g/mol. The zero-order chi connectivity index (χ0) is 37.7. The van der Waals surface area contributed by atoms with Gasteiger partial charge >= 0.3 is 0 Å². The van der Waals surface area contributed by atoms with E-state index in [9.17, 15) is 38.9 Å². The Morgan fingerprint density at radius 1 is 0.731 bits per heavy atom. The summed E-state index contributed by atoms with van der Waals surface area (Å²) >= 11 is 0. The van der Waals surface area contributed by atoms with E-state index in [1.54, 1.807) is 36.4 Å². The van der Waals surface area contributed by atoms with Gasteiger partial charge in [-0.2, -0.15) is 16.8 Å². The summed E-state index contributed by atoms with van der Waals surface area (Å²) in [5, 5.41) is 0. The van der Waals surface area contributed by atoms with E-state index in [4.69, 9.17) is 0 Å². The first-order valence-electron chi connectivity index (χ1n) is 16.3. The number of benzene rings is 4. The minimum Gasteiger partial charge on any atom is -0.744 e. The summed E-state index contributed by atoms with van der Waals surface area (Å²) in [6.45, 7) is 5.81. The van der Waals surface area contributed by atoms with Gasteiger partial charge in [-0.3, -0.25) is 9.11 Å². The molecule has 14 heteroatoms. The van der Waals surface area contributed by atoms with Gasteiger partial charge in [-0.15, -0.1) is 0 Å². The molecule has 0 saturated heterocycles. The van der Waals surface area contributed by atoms with Crippen LogP contribution in [0.4, 0.5) is 5.69 Å². The number of hydrogen-bond acceptors (Lipinski definition) is 8. The third kappa shape index (κ3) is 9.59. The maximum absolute atomic E-state index is 12.5. The van der Waals surface area contributed by atoms with Crippen molar-refractivity contribution in [3.05, 3.63) is 155 Å². The number of hydrogen-bond donors (Lipinski definition) is 2. The highest BCUT2D eigenvalue weighted by Crippen LogP contribution is 2.34. The highest BCUT2D eigenvalue weighted by Gasteiger charge is 2.23. The zero-order valence-corrected chi connectivity index (χ0v) is 30.9. The lowest BCUT2D eigenvalue weighted by Crippen LogP contribution is -2.22. The van der Waals surface area contributed by atoms with Crippen molar-refractivity contribution in [3.63, 3.8) is 0 Å². The van der Waals surface area contributed by atoms with E-state index in [-0.39, 0.29) is 14.7 Å². The molecule has 0 bridgehead atoms. The smallest absolute Gasteiger partial charge is 0.294 e. The second-order valence-corrected chi connectivity index (χ2v) is 16.3. The van der Waals surface area contributed by atoms with Gasteiger partial charge in [0.1, 0.15) is 16.7 Å². The van der Waals surface area contributed by atoms with Gasteiger partial charge in [0, 0.05) is 42.4 Å². The molecule has 0 heterocycles. The number of allylic oxidation sites excluding steroid dienone is 6. The average molecular weight is 763 g/mol. The normalized spacial score (nSPS) is 13.9. The molecule has 0 fully saturated rings. The monoisotopic (exact) mass is 762 g/mol. The molecule has 0 aliphatic heterocycles. The number of anilines is 1. The summed E-state index contributed by atoms with van der Waals surface area (Å²) in [5.74, 6) is -0.599. The van der Waals surface area contributed by atoms with Crippen LogP contribution in [-0.4, -0.2) is 62.3 Å². The molecule has 1 aliphatic carbocycles. The Morgan fingerprint density at radius 3 is 1.94 bits per heavy atom. The summed E-state index contributed by atoms with van der Waals surface area (Å²) in [6, 6.07) is 25.8. The highest BCUT2D eigenvalue weighted by atomic mass is 32.2. The molecule has 5 rings (SSSR count). The van der Waals surface area contributed by atoms with E-state index in [2.05, 4.69) is 0 Å². The van der Waals surface area contributed by atoms with Crippen LogP contribution in [0.1, 0.15) is 42.0 Å². The van der Waals surface area contributed by atoms with E-state index in [0.717, 1.165) is 22.5 Å². The predicted molar refractivity (Wildman–Crippen MR) is 198 cm³/mol. The van der Waals surface area contributed by atoms with Gasteiger partial charge in [-0.1, -0.05) is 60.7 Å². The van der Waals surface area contributed by atoms with Gasteiger partial charge in [0.25, 0.3) is 20.2 Å². The van der Waals surface area contributed by atoms with E-state index in [1.807, 2.05) is 78.0 Å². The van der Waals surface area contributed by atoms with Crippen molar-refractivity contribution in [3.8, 4) is 0 Å². The first-order chi connectivity index (χ1) is 24.6. The lowest BCUT2D eigenvalue weighted by Gasteiger charge is -2.25. The van der Waals surface area contributed by atoms with Crippen LogP contribution in [0.5, 0.6) is 0 Å². The molecule has 0 radical (unpaired) electrons. The van der Waals surface area contributed by atoms with E-state index < -0.39 is 36.3 Å². The highest BCUT2D eigenvalue weighted by molar-refractivity contribution is 7.86. The molecule has 1 unspecified atom stereocenters. The summed E-state index contributed by atoms with van der Waals surface area (Å²) in [5.41, 5.74) is 4.91. The summed E-state index contributed by atoms with van der Waals surface area (Å²) in [7, 11) is -13.5. The van der Waals surface area contributed by atoms with Gasteiger partial charge in [-0.05, 0) is 90.7 Å². The average Bonchev–Trinajstić information content (AvgIpc) is 3.11. The van der Waals surface area contributed by atoms with Crippen LogP contribution in [0.3, 0.4) is 0 Å². The van der Waals surface area contributed by atoms with Gasteiger partial charge < -0.3 is 9.45 Å². The van der Waals surface area contributed by atoms with Crippen LogP contribution in [0.2, 0.25) is 0 Å². The predicted octanol–water partition coefficient (Wildman–Crippen LogP) is 5.97. The van der Waals surface area contributed by atoms with Crippen molar-refractivity contribution in [1.29, 1.82) is 0 Å². The van der Waals surface area contributed by atoms with Gasteiger partial charge in [0.05, 0.1) is 14.7 Å². The molecular formula is C38H38N2O9S3. The van der Waals surface area contributed by atoms with Crippen molar-refractivity contribution in [2.45, 2.75) is 47.5 Å². The molecule has 1 atom stereocenters. The molecule has 1 aliphatic rings. The Balaban J connectivity index is 1.48. The summed E-state index contributed by atoms with van der Waals surface area (Å²) < 4.78 is 105. The van der Waals surface area contributed by atoms with Gasteiger partial charge in [0.15, 0.2) is 12.3 Å². The Labute approximate surface area is 304 Å². The lowest BCUT2D eigenvalue weighted by molar-refractivity contribution is -0.539. The van der Waals surface area contributed by atoms with Crippen molar-refractivity contribution in [2.75, 3.05) is 18.0 Å². The largest absolute Gasteiger partial charge is 0.744 e. The topological polar surface area (TPSA) is 172 Å². The van der Waals surface area contributed by atoms with Crippen molar-refractivity contribution >= 4 is 41.8 Å². The Hall–Kier alpha value is -4.70. The maximum atomic E-state index is 12.5. The van der Waals surface area contributed by atoms with E-state index >= 15 is 0 Å². The second kappa shape index (κ2) is 15.9. The first kappa shape index (κ1) is 38.5. The standard InChI is InChI=1S/C38H38N2O9S3/c1-3-39(26-29-9-7-11-34(23-29)50(41,42)43)32-19-15-28(16-20-32)25-37(36-13-5-6-14-38(36)52(47,48)49)31-17-21-33(22-18-31)40(4-2)27-30-10-8-12-35(24-30)51(44,45)46/h5-25,37H,3-4,26-27H2,1-2H3,(H2-,41,42,43,44,45,46,47,48,49). The molecule has 0 amide bonds. The van der Waals surface area contributed by atoms with Crippen LogP contribution in [0.25, 0.3) is 0 Å². The van der Waals surface area contributed by atoms with Crippen molar-refractivity contribution < 1.29 is 43.5 Å². The fraction of sp³-hybridized carbons (Fsp3) is 0.184. The third-order valence-electron chi connectivity index (χ3n) is 8.66. The molecule has 4 aromatic rings. The molecule has 4 aromatic carbocycles. The molecule has 0 aromatic heterocycles. The van der Waals surface area contributed by atoms with Gasteiger partial charge in [-0.25, -0.2) is 13.0 Å². The van der Waals surface area contributed by atoms with Gasteiger partial charge in [0.2, 0.25) is 0 Å². The van der Waals surface area contributed by atoms with Crippen LogP contribution in [-0.2, 0) is 43.4 Å². The van der Waals surface area contributed by atoms with Crippen molar-refractivity contribution in [2.24, 2.45) is 0 Å². The first-order valence-corrected chi connectivity index (χ1v) is 20.6.